The Bertz CT molecular complexity index is 404. The highest BCUT2D eigenvalue weighted by Gasteiger charge is 2.02. The Labute approximate surface area is 108 Å². The molecule has 2 heteroatoms. The summed E-state index contributed by atoms with van der Waals surface area (Å²) in [5.41, 5.74) is 5.10. The SMILES string of the molecule is c1cc2ncc1CCCc1ccc(cn1)CCC2. The zero-order chi connectivity index (χ0) is 12.2. The van der Waals surface area contributed by atoms with E-state index >= 15 is 0 Å². The van der Waals surface area contributed by atoms with Crippen LogP contribution in [0.3, 0.4) is 0 Å². The van der Waals surface area contributed by atoms with E-state index in [0.717, 1.165) is 38.5 Å². The standard InChI is InChI=1S/C16H18N2/c1-3-13-7-10-16(18-11-13)6-2-4-14-8-9-15(5-1)17-12-14/h7-12H,1-6H2. The predicted octanol–water partition coefficient (Wildman–Crippen LogP) is 3.14. The molecule has 6 rings (SSSR count). The zero-order valence-electron chi connectivity index (χ0n) is 10.6. The van der Waals surface area contributed by atoms with Gasteiger partial charge in [-0.05, 0) is 61.8 Å². The number of nitrogens with zero attached hydrogens (tertiary/aromatic N) is 2. The zero-order valence-corrected chi connectivity index (χ0v) is 10.6. The maximum Gasteiger partial charge on any atom is 0.0403 e. The number of hydrogen-bond acceptors (Lipinski definition) is 2. The van der Waals surface area contributed by atoms with Crippen LogP contribution in [0.5, 0.6) is 0 Å². The van der Waals surface area contributed by atoms with Crippen LogP contribution in [0.4, 0.5) is 0 Å². The molecule has 0 amide bonds. The van der Waals surface area contributed by atoms with Crippen LogP contribution < -0.4 is 0 Å². The van der Waals surface area contributed by atoms with Crippen molar-refractivity contribution in [2.75, 3.05) is 0 Å². The van der Waals surface area contributed by atoms with Crippen LogP contribution >= 0.6 is 0 Å². The molecule has 0 aromatic carbocycles. The summed E-state index contributed by atoms with van der Waals surface area (Å²) >= 11 is 0. The molecule has 0 spiro atoms. The number of rotatable bonds is 0. The van der Waals surface area contributed by atoms with Gasteiger partial charge < -0.3 is 0 Å². The summed E-state index contributed by atoms with van der Waals surface area (Å²) in [6, 6.07) is 8.81. The fourth-order valence-corrected chi connectivity index (χ4v) is 2.45. The molecule has 0 unspecified atom stereocenters. The summed E-state index contributed by atoms with van der Waals surface area (Å²) in [5, 5.41) is 0. The number of pyridine rings is 2. The second-order valence-electron chi connectivity index (χ2n) is 5.02. The molecule has 2 aromatic heterocycles. The molecule has 3 aliphatic heterocycles. The van der Waals surface area contributed by atoms with Crippen LogP contribution in [0.25, 0.3) is 0 Å². The molecule has 1 aliphatic carbocycles. The van der Waals surface area contributed by atoms with E-state index in [9.17, 15) is 0 Å². The topological polar surface area (TPSA) is 25.8 Å². The lowest BCUT2D eigenvalue weighted by molar-refractivity contribution is 0.765. The van der Waals surface area contributed by atoms with Crippen molar-refractivity contribution >= 4 is 0 Å². The third-order valence-electron chi connectivity index (χ3n) is 3.57. The molecule has 0 fully saturated rings. The van der Waals surface area contributed by atoms with Gasteiger partial charge in [-0.3, -0.25) is 9.97 Å². The maximum atomic E-state index is 4.54. The van der Waals surface area contributed by atoms with Gasteiger partial charge in [-0.1, -0.05) is 12.1 Å². The lowest BCUT2D eigenvalue weighted by Gasteiger charge is -2.07. The largest absolute Gasteiger partial charge is 0.261 e. The van der Waals surface area contributed by atoms with Crippen molar-refractivity contribution in [1.29, 1.82) is 0 Å². The van der Waals surface area contributed by atoms with E-state index in [1.165, 1.54) is 22.5 Å². The van der Waals surface area contributed by atoms with Crippen LogP contribution in [0.2, 0.25) is 0 Å². The molecule has 5 heterocycles. The van der Waals surface area contributed by atoms with Crippen molar-refractivity contribution in [1.82, 2.24) is 9.97 Å². The fraction of sp³-hybridized carbons (Fsp3) is 0.375. The predicted molar refractivity (Wildman–Crippen MR) is 72.5 cm³/mol. The van der Waals surface area contributed by atoms with Gasteiger partial charge in [0.05, 0.1) is 0 Å². The highest BCUT2D eigenvalue weighted by atomic mass is 14.7. The van der Waals surface area contributed by atoms with Crippen LogP contribution in [-0.2, 0) is 25.7 Å². The summed E-state index contributed by atoms with van der Waals surface area (Å²) < 4.78 is 0. The molecule has 18 heavy (non-hydrogen) atoms. The molecular weight excluding hydrogens is 220 g/mol. The van der Waals surface area contributed by atoms with Crippen molar-refractivity contribution in [3.8, 4) is 0 Å². The fourth-order valence-electron chi connectivity index (χ4n) is 2.45. The van der Waals surface area contributed by atoms with Crippen LogP contribution in [-0.4, -0.2) is 9.97 Å². The molecular formula is C16H18N2. The van der Waals surface area contributed by atoms with Gasteiger partial charge in [-0.25, -0.2) is 0 Å². The third-order valence-corrected chi connectivity index (χ3v) is 3.57. The Morgan fingerprint density at radius 2 is 1.11 bits per heavy atom. The van der Waals surface area contributed by atoms with E-state index in [0.29, 0.717) is 0 Å². The smallest absolute Gasteiger partial charge is 0.0403 e. The third kappa shape index (κ3) is 2.76. The van der Waals surface area contributed by atoms with E-state index in [-0.39, 0.29) is 0 Å². The van der Waals surface area contributed by atoms with Gasteiger partial charge in [0.2, 0.25) is 0 Å². The molecule has 4 aliphatic rings. The number of hydrogen-bond donors (Lipinski definition) is 0. The second kappa shape index (κ2) is 5.30. The van der Waals surface area contributed by atoms with Gasteiger partial charge in [-0.15, -0.1) is 0 Å². The molecule has 0 saturated heterocycles. The molecule has 0 atom stereocenters. The average molecular weight is 238 g/mol. The Kier molecular flexibility index (Phi) is 3.35. The maximum absolute atomic E-state index is 4.54. The van der Waals surface area contributed by atoms with E-state index in [1.54, 1.807) is 0 Å². The van der Waals surface area contributed by atoms with Crippen LogP contribution in [0, 0.1) is 0 Å². The first-order valence-electron chi connectivity index (χ1n) is 6.78. The minimum atomic E-state index is 1.06. The highest BCUT2D eigenvalue weighted by Crippen LogP contribution is 2.12. The summed E-state index contributed by atoms with van der Waals surface area (Å²) in [5.74, 6) is 0. The molecule has 0 radical (unpaired) electrons. The van der Waals surface area contributed by atoms with E-state index in [4.69, 9.17) is 0 Å². The van der Waals surface area contributed by atoms with E-state index in [1.807, 2.05) is 12.4 Å². The average Bonchev–Trinajstić information content (AvgIpc) is 2.43. The Morgan fingerprint density at radius 3 is 1.50 bits per heavy atom. The van der Waals surface area contributed by atoms with Crippen molar-refractivity contribution in [3.05, 3.63) is 59.2 Å². The monoisotopic (exact) mass is 238 g/mol. The van der Waals surface area contributed by atoms with E-state index in [2.05, 4.69) is 34.2 Å². The number of aryl methyl sites for hydroxylation is 4. The quantitative estimate of drug-likeness (QED) is 0.704. The number of aromatic nitrogens is 2. The molecule has 0 N–H and O–H groups in total. The molecule has 92 valence electrons. The second-order valence-corrected chi connectivity index (χ2v) is 5.02. The van der Waals surface area contributed by atoms with Crippen LogP contribution in [0.1, 0.15) is 35.4 Å². The molecule has 2 nitrogen and oxygen atoms in total. The minimum absolute atomic E-state index is 1.06. The Balaban J connectivity index is 1.82. The summed E-state index contributed by atoms with van der Waals surface area (Å²) in [6.45, 7) is 0. The van der Waals surface area contributed by atoms with Crippen molar-refractivity contribution in [3.63, 3.8) is 0 Å². The van der Waals surface area contributed by atoms with Gasteiger partial charge >= 0.3 is 0 Å². The lowest BCUT2D eigenvalue weighted by atomic mass is 10.0. The summed E-state index contributed by atoms with van der Waals surface area (Å²) in [7, 11) is 0. The highest BCUT2D eigenvalue weighted by molar-refractivity contribution is 5.17. The van der Waals surface area contributed by atoms with Crippen molar-refractivity contribution in [2.24, 2.45) is 0 Å². The summed E-state index contributed by atoms with van der Waals surface area (Å²) in [4.78, 5) is 9.08. The molecule has 2 aromatic rings. The van der Waals surface area contributed by atoms with Crippen molar-refractivity contribution < 1.29 is 0 Å². The van der Waals surface area contributed by atoms with E-state index < -0.39 is 0 Å². The van der Waals surface area contributed by atoms with Crippen LogP contribution in [0.15, 0.2) is 36.7 Å². The van der Waals surface area contributed by atoms with Gasteiger partial charge in [0.25, 0.3) is 0 Å². The van der Waals surface area contributed by atoms with Crippen molar-refractivity contribution in [2.45, 2.75) is 38.5 Å². The van der Waals surface area contributed by atoms with Gasteiger partial charge in [0.15, 0.2) is 0 Å². The first-order valence-corrected chi connectivity index (χ1v) is 6.78. The van der Waals surface area contributed by atoms with Gasteiger partial charge in [0.1, 0.15) is 0 Å². The molecule has 0 saturated carbocycles. The Hall–Kier alpha value is -1.70. The first kappa shape index (κ1) is 11.4. The molecule has 4 bridgehead atoms. The lowest BCUT2D eigenvalue weighted by Crippen LogP contribution is -1.99. The first-order chi connectivity index (χ1) is 8.90. The van der Waals surface area contributed by atoms with Gasteiger partial charge in [-0.2, -0.15) is 0 Å². The summed E-state index contributed by atoms with van der Waals surface area (Å²) in [6.07, 6.45) is 10.7. The normalized spacial score (nSPS) is 15.6. The Morgan fingerprint density at radius 1 is 0.611 bits per heavy atom. The van der Waals surface area contributed by atoms with Gasteiger partial charge in [0, 0.05) is 23.8 Å². The minimum Gasteiger partial charge on any atom is -0.261 e.